The van der Waals surface area contributed by atoms with Crippen LogP contribution in [0.2, 0.25) is 5.02 Å². The Bertz CT molecular complexity index is 465. The predicted octanol–water partition coefficient (Wildman–Crippen LogP) is -0.374. The summed E-state index contributed by atoms with van der Waals surface area (Å²) in [6.45, 7) is 6.25. The Labute approximate surface area is 112 Å². The van der Waals surface area contributed by atoms with Crippen molar-refractivity contribution in [1.29, 1.82) is 0 Å². The van der Waals surface area contributed by atoms with Crippen molar-refractivity contribution in [3.8, 4) is 0 Å². The molecule has 0 aliphatic carbocycles. The fourth-order valence-corrected chi connectivity index (χ4v) is 1.93. The van der Waals surface area contributed by atoms with Gasteiger partial charge in [0.05, 0.1) is 13.1 Å². The number of rotatable bonds is 2. The average Bonchev–Trinajstić information content (AvgIpc) is 2.55. The Morgan fingerprint density at radius 1 is 1.33 bits per heavy atom. The third-order valence-corrected chi connectivity index (χ3v) is 2.75. The van der Waals surface area contributed by atoms with Crippen LogP contribution >= 0.6 is 11.6 Å². The molecule has 0 N–H and O–H groups in total. The topological polar surface area (TPSA) is 8.81 Å². The minimum atomic E-state index is 0. The van der Waals surface area contributed by atoms with E-state index >= 15 is 0 Å². The van der Waals surface area contributed by atoms with Gasteiger partial charge in [-0.05, 0) is 26.0 Å². The number of fused-ring (bicyclic) bond motifs is 1. The van der Waals surface area contributed by atoms with Crippen LogP contribution in [0.4, 0.5) is 0 Å². The molecule has 0 saturated carbocycles. The molecule has 1 aromatic carbocycles. The van der Waals surface area contributed by atoms with E-state index in [2.05, 4.69) is 35.4 Å². The molecule has 0 aliphatic heterocycles. The van der Waals surface area contributed by atoms with Crippen molar-refractivity contribution in [2.45, 2.75) is 26.9 Å². The maximum atomic E-state index is 5.98. The minimum absolute atomic E-state index is 0. The van der Waals surface area contributed by atoms with Crippen LogP contribution < -0.4 is 28.5 Å². The maximum absolute atomic E-state index is 5.98. The molecule has 1 heterocycles. The molecule has 4 heteroatoms. The first-order valence-electron chi connectivity index (χ1n) is 4.94. The third kappa shape index (κ3) is 2.28. The van der Waals surface area contributed by atoms with Gasteiger partial charge in [-0.2, -0.15) is 0 Å². The lowest BCUT2D eigenvalue weighted by molar-refractivity contribution is -0.668. The number of aromatic nitrogens is 2. The van der Waals surface area contributed by atoms with Crippen LogP contribution in [0, 0.1) is 0 Å². The highest BCUT2D eigenvalue weighted by atomic mass is 127. The fraction of sp³-hybridized carbons (Fsp3) is 0.364. The standard InChI is InChI=1S/C11H14ClN2.HI/c1-3-13-8-14(4-2)11-7-9(12)5-6-10(11)13;/h5-8H,3-4H2,1-2H3;1H/q+1;/p-1. The van der Waals surface area contributed by atoms with Gasteiger partial charge < -0.3 is 24.0 Å². The van der Waals surface area contributed by atoms with Gasteiger partial charge in [-0.3, -0.25) is 0 Å². The van der Waals surface area contributed by atoms with Gasteiger partial charge in [-0.25, -0.2) is 9.13 Å². The lowest BCUT2D eigenvalue weighted by Crippen LogP contribution is -3.00. The number of nitrogens with zero attached hydrogens (tertiary/aromatic N) is 2. The quantitative estimate of drug-likeness (QED) is 0.523. The average molecular weight is 337 g/mol. The predicted molar refractivity (Wildman–Crippen MR) is 58.5 cm³/mol. The van der Waals surface area contributed by atoms with Crippen LogP contribution in [0.15, 0.2) is 24.5 Å². The van der Waals surface area contributed by atoms with Crippen LogP contribution in [0.3, 0.4) is 0 Å². The highest BCUT2D eigenvalue weighted by Crippen LogP contribution is 2.17. The summed E-state index contributed by atoms with van der Waals surface area (Å²) in [5, 5.41) is 0.800. The SMILES string of the molecule is CCn1c[n+](CC)c2ccc(Cl)cc21.[I-]. The van der Waals surface area contributed by atoms with Gasteiger partial charge in [-0.15, -0.1) is 0 Å². The fourth-order valence-electron chi connectivity index (χ4n) is 1.77. The normalized spacial score (nSPS) is 10.3. The summed E-state index contributed by atoms with van der Waals surface area (Å²) in [4.78, 5) is 0. The molecule has 0 amide bonds. The number of hydrogen-bond acceptors (Lipinski definition) is 0. The van der Waals surface area contributed by atoms with Crippen LogP contribution in [0.1, 0.15) is 13.8 Å². The van der Waals surface area contributed by atoms with E-state index < -0.39 is 0 Å². The first-order chi connectivity index (χ1) is 6.76. The maximum Gasteiger partial charge on any atom is 0.244 e. The first-order valence-corrected chi connectivity index (χ1v) is 5.32. The van der Waals surface area contributed by atoms with Gasteiger partial charge in [0, 0.05) is 11.1 Å². The van der Waals surface area contributed by atoms with Crippen LogP contribution in [0.5, 0.6) is 0 Å². The van der Waals surface area contributed by atoms with Crippen molar-refractivity contribution >= 4 is 22.6 Å². The van der Waals surface area contributed by atoms with E-state index in [1.807, 2.05) is 12.1 Å². The second-order valence-corrected chi connectivity index (χ2v) is 3.76. The summed E-state index contributed by atoms with van der Waals surface area (Å²) in [5.41, 5.74) is 2.46. The Morgan fingerprint density at radius 3 is 2.67 bits per heavy atom. The van der Waals surface area contributed by atoms with Crippen molar-refractivity contribution < 1.29 is 28.5 Å². The molecule has 0 atom stereocenters. The molecule has 0 fully saturated rings. The van der Waals surface area contributed by atoms with Crippen molar-refractivity contribution in [3.63, 3.8) is 0 Å². The Morgan fingerprint density at radius 2 is 2.07 bits per heavy atom. The molecule has 0 radical (unpaired) electrons. The summed E-state index contributed by atoms with van der Waals surface area (Å²) in [5.74, 6) is 0. The Kier molecular flexibility index (Phi) is 4.40. The largest absolute Gasteiger partial charge is 1.00 e. The smallest absolute Gasteiger partial charge is 0.244 e. The van der Waals surface area contributed by atoms with Crippen molar-refractivity contribution in [2.24, 2.45) is 0 Å². The lowest BCUT2D eigenvalue weighted by atomic mass is 10.3. The highest BCUT2D eigenvalue weighted by molar-refractivity contribution is 6.31. The van der Waals surface area contributed by atoms with Gasteiger partial charge in [-0.1, -0.05) is 11.6 Å². The molecule has 0 saturated heterocycles. The summed E-state index contributed by atoms with van der Waals surface area (Å²) in [6, 6.07) is 6.04. The highest BCUT2D eigenvalue weighted by Gasteiger charge is 2.12. The summed E-state index contributed by atoms with van der Waals surface area (Å²) in [6.07, 6.45) is 2.14. The Hall–Kier alpha value is -0.290. The van der Waals surface area contributed by atoms with E-state index in [0.717, 1.165) is 18.1 Å². The second-order valence-electron chi connectivity index (χ2n) is 3.32. The van der Waals surface area contributed by atoms with Crippen LogP contribution in [-0.2, 0) is 13.1 Å². The molecule has 1 aromatic heterocycles. The molecular formula is C11H14ClIN2. The third-order valence-electron chi connectivity index (χ3n) is 2.52. The molecule has 2 aromatic rings. The van der Waals surface area contributed by atoms with Crippen molar-refractivity contribution in [3.05, 3.63) is 29.5 Å². The van der Waals surface area contributed by atoms with E-state index in [0.29, 0.717) is 0 Å². The number of imidazole rings is 1. The molecule has 82 valence electrons. The summed E-state index contributed by atoms with van der Waals surface area (Å²) >= 11 is 5.98. The molecule has 0 aliphatic rings. The molecule has 0 bridgehead atoms. The molecule has 15 heavy (non-hydrogen) atoms. The number of aryl methyl sites for hydroxylation is 2. The summed E-state index contributed by atoms with van der Waals surface area (Å²) < 4.78 is 4.44. The Balaban J connectivity index is 0.00000112. The number of benzene rings is 1. The van der Waals surface area contributed by atoms with Crippen LogP contribution in [0.25, 0.3) is 11.0 Å². The van der Waals surface area contributed by atoms with E-state index in [4.69, 9.17) is 11.6 Å². The lowest BCUT2D eigenvalue weighted by Gasteiger charge is -1.92. The molecule has 2 nitrogen and oxygen atoms in total. The zero-order chi connectivity index (χ0) is 10.1. The monoisotopic (exact) mass is 336 g/mol. The number of halogens is 2. The molecule has 0 spiro atoms. The molecule has 2 rings (SSSR count). The van der Waals surface area contributed by atoms with E-state index in [9.17, 15) is 0 Å². The van der Waals surface area contributed by atoms with E-state index in [1.165, 1.54) is 11.0 Å². The van der Waals surface area contributed by atoms with Gasteiger partial charge >= 0.3 is 0 Å². The van der Waals surface area contributed by atoms with Crippen LogP contribution in [-0.4, -0.2) is 4.57 Å². The second kappa shape index (κ2) is 5.16. The zero-order valence-electron chi connectivity index (χ0n) is 8.87. The number of hydrogen-bond donors (Lipinski definition) is 0. The van der Waals surface area contributed by atoms with E-state index in [1.54, 1.807) is 0 Å². The zero-order valence-corrected chi connectivity index (χ0v) is 11.8. The van der Waals surface area contributed by atoms with Gasteiger partial charge in [0.15, 0.2) is 11.0 Å². The van der Waals surface area contributed by atoms with E-state index in [-0.39, 0.29) is 24.0 Å². The van der Waals surface area contributed by atoms with Gasteiger partial charge in [0.25, 0.3) is 0 Å². The van der Waals surface area contributed by atoms with Crippen molar-refractivity contribution in [1.82, 2.24) is 4.57 Å². The van der Waals surface area contributed by atoms with Gasteiger partial charge in [0.2, 0.25) is 6.33 Å². The van der Waals surface area contributed by atoms with Crippen molar-refractivity contribution in [2.75, 3.05) is 0 Å². The first kappa shape index (κ1) is 12.8. The van der Waals surface area contributed by atoms with Gasteiger partial charge in [0.1, 0.15) is 0 Å². The molecular weight excluding hydrogens is 322 g/mol. The minimum Gasteiger partial charge on any atom is -1.00 e. The molecule has 0 unspecified atom stereocenters. The summed E-state index contributed by atoms with van der Waals surface area (Å²) in [7, 11) is 0.